The standard InChI is InChI=1S/C10H18O3/c1-4-6-9(10(11)12-3)8-13-7-5-2/h8H,4-7H2,1-3H3. The molecule has 0 aromatic heterocycles. The summed E-state index contributed by atoms with van der Waals surface area (Å²) in [4.78, 5) is 11.1. The van der Waals surface area contributed by atoms with Gasteiger partial charge in [-0.15, -0.1) is 0 Å². The Balaban J connectivity index is 4.05. The van der Waals surface area contributed by atoms with Crippen molar-refractivity contribution in [2.24, 2.45) is 0 Å². The van der Waals surface area contributed by atoms with Crippen LogP contribution in [0.2, 0.25) is 0 Å². The Morgan fingerprint density at radius 1 is 1.31 bits per heavy atom. The first-order valence-corrected chi connectivity index (χ1v) is 4.65. The van der Waals surface area contributed by atoms with Gasteiger partial charge in [-0.3, -0.25) is 0 Å². The van der Waals surface area contributed by atoms with Crippen LogP contribution in [-0.4, -0.2) is 19.7 Å². The van der Waals surface area contributed by atoms with Crippen molar-refractivity contribution in [3.05, 3.63) is 11.8 Å². The lowest BCUT2D eigenvalue weighted by Gasteiger charge is -2.04. The molecule has 0 aliphatic carbocycles. The number of ether oxygens (including phenoxy) is 2. The lowest BCUT2D eigenvalue weighted by molar-refractivity contribution is -0.136. The molecule has 0 amide bonds. The Bertz CT molecular complexity index is 173. The van der Waals surface area contributed by atoms with Gasteiger partial charge >= 0.3 is 5.97 Å². The largest absolute Gasteiger partial charge is 0.501 e. The van der Waals surface area contributed by atoms with Gasteiger partial charge in [0.25, 0.3) is 0 Å². The maximum Gasteiger partial charge on any atom is 0.336 e. The van der Waals surface area contributed by atoms with E-state index >= 15 is 0 Å². The van der Waals surface area contributed by atoms with Crippen LogP contribution in [0.5, 0.6) is 0 Å². The molecule has 13 heavy (non-hydrogen) atoms. The van der Waals surface area contributed by atoms with E-state index in [4.69, 9.17) is 4.74 Å². The predicted octanol–water partition coefficient (Wildman–Crippen LogP) is 2.27. The van der Waals surface area contributed by atoms with Gasteiger partial charge in [0.2, 0.25) is 0 Å². The van der Waals surface area contributed by atoms with Crippen molar-refractivity contribution in [2.75, 3.05) is 13.7 Å². The highest BCUT2D eigenvalue weighted by Crippen LogP contribution is 2.06. The molecule has 0 N–H and O–H groups in total. The van der Waals surface area contributed by atoms with Crippen LogP contribution in [0.3, 0.4) is 0 Å². The van der Waals surface area contributed by atoms with Gasteiger partial charge in [-0.2, -0.15) is 0 Å². The van der Waals surface area contributed by atoms with Crippen molar-refractivity contribution < 1.29 is 14.3 Å². The van der Waals surface area contributed by atoms with Crippen LogP contribution in [0.4, 0.5) is 0 Å². The van der Waals surface area contributed by atoms with Crippen molar-refractivity contribution in [3.8, 4) is 0 Å². The summed E-state index contributed by atoms with van der Waals surface area (Å²) in [5.74, 6) is -0.294. The Kier molecular flexibility index (Phi) is 7.07. The lowest BCUT2D eigenvalue weighted by Crippen LogP contribution is -2.05. The first-order chi connectivity index (χ1) is 6.26. The van der Waals surface area contributed by atoms with E-state index < -0.39 is 0 Å². The molecule has 0 aromatic carbocycles. The first-order valence-electron chi connectivity index (χ1n) is 4.65. The van der Waals surface area contributed by atoms with Crippen LogP contribution < -0.4 is 0 Å². The van der Waals surface area contributed by atoms with Crippen molar-refractivity contribution in [1.29, 1.82) is 0 Å². The van der Waals surface area contributed by atoms with E-state index in [-0.39, 0.29) is 5.97 Å². The van der Waals surface area contributed by atoms with E-state index in [1.165, 1.54) is 13.4 Å². The van der Waals surface area contributed by atoms with Gasteiger partial charge in [-0.25, -0.2) is 4.79 Å². The second-order valence-electron chi connectivity index (χ2n) is 2.76. The average Bonchev–Trinajstić information content (AvgIpc) is 2.16. The van der Waals surface area contributed by atoms with E-state index in [9.17, 15) is 4.79 Å². The number of hydrogen-bond donors (Lipinski definition) is 0. The Labute approximate surface area is 79.7 Å². The molecule has 76 valence electrons. The minimum absolute atomic E-state index is 0.294. The van der Waals surface area contributed by atoms with Crippen LogP contribution in [0.1, 0.15) is 33.1 Å². The van der Waals surface area contributed by atoms with Crippen LogP contribution in [0, 0.1) is 0 Å². The van der Waals surface area contributed by atoms with Crippen LogP contribution in [0.25, 0.3) is 0 Å². The van der Waals surface area contributed by atoms with E-state index in [1.807, 2.05) is 13.8 Å². The second-order valence-corrected chi connectivity index (χ2v) is 2.76. The fourth-order valence-corrected chi connectivity index (χ4v) is 0.887. The maximum atomic E-state index is 11.1. The van der Waals surface area contributed by atoms with Crippen LogP contribution in [-0.2, 0) is 14.3 Å². The second kappa shape index (κ2) is 7.65. The molecule has 0 atom stereocenters. The smallest absolute Gasteiger partial charge is 0.336 e. The van der Waals surface area contributed by atoms with E-state index in [2.05, 4.69) is 4.74 Å². The van der Waals surface area contributed by atoms with Gasteiger partial charge in [0.15, 0.2) is 0 Å². The van der Waals surface area contributed by atoms with Gasteiger partial charge < -0.3 is 9.47 Å². The van der Waals surface area contributed by atoms with Gasteiger partial charge in [0.1, 0.15) is 0 Å². The number of hydrogen-bond acceptors (Lipinski definition) is 3. The normalized spacial score (nSPS) is 11.2. The fraction of sp³-hybridized carbons (Fsp3) is 0.700. The molecule has 0 radical (unpaired) electrons. The number of carbonyl (C=O) groups excluding carboxylic acids is 1. The molecule has 0 unspecified atom stereocenters. The third-order valence-electron chi connectivity index (χ3n) is 1.51. The number of carbonyl (C=O) groups is 1. The summed E-state index contributed by atoms with van der Waals surface area (Å²) in [5, 5.41) is 0. The van der Waals surface area contributed by atoms with E-state index in [0.717, 1.165) is 12.8 Å². The van der Waals surface area contributed by atoms with Crippen molar-refractivity contribution in [3.63, 3.8) is 0 Å². The van der Waals surface area contributed by atoms with Crippen LogP contribution >= 0.6 is 0 Å². The van der Waals surface area contributed by atoms with Gasteiger partial charge in [0.05, 0.1) is 25.6 Å². The SMILES string of the molecule is CCCOC=C(CCC)C(=O)OC. The first kappa shape index (κ1) is 12.0. The molecular formula is C10H18O3. The summed E-state index contributed by atoms with van der Waals surface area (Å²) in [6.45, 7) is 4.67. The topological polar surface area (TPSA) is 35.5 Å². The summed E-state index contributed by atoms with van der Waals surface area (Å²) in [6, 6.07) is 0. The molecule has 0 aliphatic rings. The predicted molar refractivity (Wildman–Crippen MR) is 51.3 cm³/mol. The maximum absolute atomic E-state index is 11.1. The zero-order valence-corrected chi connectivity index (χ0v) is 8.63. The van der Waals surface area contributed by atoms with E-state index in [0.29, 0.717) is 18.6 Å². The van der Waals surface area contributed by atoms with Gasteiger partial charge in [-0.05, 0) is 12.8 Å². The van der Waals surface area contributed by atoms with Crippen LogP contribution in [0.15, 0.2) is 11.8 Å². The third kappa shape index (κ3) is 5.28. The Morgan fingerprint density at radius 2 is 2.00 bits per heavy atom. The fourth-order valence-electron chi connectivity index (χ4n) is 0.887. The molecule has 0 heterocycles. The molecule has 0 spiro atoms. The average molecular weight is 186 g/mol. The molecule has 0 fully saturated rings. The van der Waals surface area contributed by atoms with Crippen molar-refractivity contribution >= 4 is 5.97 Å². The minimum atomic E-state index is -0.294. The quantitative estimate of drug-likeness (QED) is 0.276. The number of methoxy groups -OCH3 is 1. The van der Waals surface area contributed by atoms with Crippen molar-refractivity contribution in [2.45, 2.75) is 33.1 Å². The highest BCUT2D eigenvalue weighted by molar-refractivity contribution is 5.87. The molecular weight excluding hydrogens is 168 g/mol. The summed E-state index contributed by atoms with van der Waals surface area (Å²) in [7, 11) is 1.38. The number of rotatable bonds is 6. The molecule has 0 saturated carbocycles. The number of esters is 1. The molecule has 0 aromatic rings. The summed E-state index contributed by atoms with van der Waals surface area (Å²) >= 11 is 0. The minimum Gasteiger partial charge on any atom is -0.501 e. The molecule has 0 bridgehead atoms. The van der Waals surface area contributed by atoms with Gasteiger partial charge in [0, 0.05) is 0 Å². The van der Waals surface area contributed by atoms with Gasteiger partial charge in [-0.1, -0.05) is 20.3 Å². The highest BCUT2D eigenvalue weighted by Gasteiger charge is 2.08. The Morgan fingerprint density at radius 3 is 2.46 bits per heavy atom. The third-order valence-corrected chi connectivity index (χ3v) is 1.51. The molecule has 0 saturated heterocycles. The molecule has 0 rings (SSSR count). The molecule has 0 aliphatic heterocycles. The molecule has 3 heteroatoms. The summed E-state index contributed by atoms with van der Waals surface area (Å²) in [6.07, 6.45) is 4.07. The molecule has 3 nitrogen and oxygen atoms in total. The Hall–Kier alpha value is -0.990. The summed E-state index contributed by atoms with van der Waals surface area (Å²) in [5.41, 5.74) is 0.610. The van der Waals surface area contributed by atoms with Crippen molar-refractivity contribution in [1.82, 2.24) is 0 Å². The van der Waals surface area contributed by atoms with E-state index in [1.54, 1.807) is 0 Å². The monoisotopic (exact) mass is 186 g/mol. The zero-order chi connectivity index (χ0) is 10.1. The lowest BCUT2D eigenvalue weighted by atomic mass is 10.2. The highest BCUT2D eigenvalue weighted by atomic mass is 16.5. The zero-order valence-electron chi connectivity index (χ0n) is 8.63. The summed E-state index contributed by atoms with van der Waals surface area (Å²) < 4.78 is 9.77.